The monoisotopic (exact) mass is 313 g/mol. The number of aromatic amines is 1. The van der Waals surface area contributed by atoms with Crippen molar-refractivity contribution in [3.63, 3.8) is 0 Å². The van der Waals surface area contributed by atoms with Crippen molar-refractivity contribution in [2.45, 2.75) is 58.3 Å². The maximum Gasteiger partial charge on any atom is 0.434 e. The number of hydrogen-bond donors (Lipinski definition) is 3. The number of aliphatic hydroxyl groups is 1. The molecule has 1 amide bonds. The molecule has 124 valence electrons. The second-order valence-corrected chi connectivity index (χ2v) is 7.08. The van der Waals surface area contributed by atoms with Gasteiger partial charge in [-0.2, -0.15) is 0 Å². The van der Waals surface area contributed by atoms with Gasteiger partial charge in [0.1, 0.15) is 5.60 Å². The lowest BCUT2D eigenvalue weighted by molar-refractivity contribution is 0.0309. The second kappa shape index (κ2) is 5.42. The molecule has 8 nitrogen and oxygen atoms in total. The fraction of sp³-hybridized carbons (Fsp3) is 0.786. The van der Waals surface area contributed by atoms with Gasteiger partial charge in [-0.15, -0.1) is 5.10 Å². The van der Waals surface area contributed by atoms with Crippen LogP contribution in [-0.2, 0) is 4.74 Å². The van der Waals surface area contributed by atoms with Gasteiger partial charge in [0.15, 0.2) is 6.10 Å². The first-order valence-electron chi connectivity index (χ1n) is 7.30. The van der Waals surface area contributed by atoms with E-state index in [0.29, 0.717) is 6.42 Å². The van der Waals surface area contributed by atoms with E-state index >= 15 is 0 Å². The number of hydrogen-bond acceptors (Lipinski definition) is 6. The van der Waals surface area contributed by atoms with Gasteiger partial charge in [-0.3, -0.25) is 0 Å². The Hall–Kier alpha value is -1.83. The van der Waals surface area contributed by atoms with Crippen LogP contribution in [-0.4, -0.2) is 32.5 Å². The number of ether oxygens (including phenoxy) is 1. The zero-order chi connectivity index (χ0) is 16.7. The van der Waals surface area contributed by atoms with Gasteiger partial charge in [-0.05, 0) is 39.0 Å². The Balaban J connectivity index is 2.19. The van der Waals surface area contributed by atoms with Crippen molar-refractivity contribution < 1.29 is 19.1 Å². The Bertz CT molecular complexity index is 600. The number of nitrogens with one attached hydrogen (secondary N) is 2. The van der Waals surface area contributed by atoms with Crippen LogP contribution in [0.1, 0.15) is 53.0 Å². The van der Waals surface area contributed by atoms with Gasteiger partial charge in [0, 0.05) is 0 Å². The molecule has 1 aliphatic rings. The van der Waals surface area contributed by atoms with Crippen molar-refractivity contribution in [3.8, 4) is 0 Å². The molecule has 22 heavy (non-hydrogen) atoms. The average Bonchev–Trinajstić information content (AvgIpc) is 2.91. The molecule has 2 unspecified atom stereocenters. The fourth-order valence-electron chi connectivity index (χ4n) is 2.73. The second-order valence-electron chi connectivity index (χ2n) is 7.08. The SMILES string of the molecule is CC(C)C1C[C@]1(NC(=O)OC(C)(C)C)C(O)c1n[nH]c(=O)o1. The summed E-state index contributed by atoms with van der Waals surface area (Å²) in [6.45, 7) is 9.27. The van der Waals surface area contributed by atoms with Gasteiger partial charge < -0.3 is 19.6 Å². The molecule has 1 heterocycles. The van der Waals surface area contributed by atoms with Gasteiger partial charge in [0.2, 0.25) is 5.89 Å². The van der Waals surface area contributed by atoms with E-state index in [2.05, 4.69) is 15.5 Å². The maximum absolute atomic E-state index is 12.1. The summed E-state index contributed by atoms with van der Waals surface area (Å²) < 4.78 is 10.1. The molecule has 1 fully saturated rings. The number of amides is 1. The van der Waals surface area contributed by atoms with E-state index in [1.807, 2.05) is 13.8 Å². The van der Waals surface area contributed by atoms with Crippen LogP contribution in [0.5, 0.6) is 0 Å². The van der Waals surface area contributed by atoms with Crippen molar-refractivity contribution in [2.75, 3.05) is 0 Å². The Morgan fingerprint density at radius 3 is 2.59 bits per heavy atom. The number of aromatic nitrogens is 2. The van der Waals surface area contributed by atoms with Crippen LogP contribution in [0.4, 0.5) is 4.79 Å². The highest BCUT2D eigenvalue weighted by Gasteiger charge is 2.63. The lowest BCUT2D eigenvalue weighted by atomic mass is 9.99. The first kappa shape index (κ1) is 16.5. The molecule has 0 aromatic carbocycles. The number of aliphatic hydroxyl groups excluding tert-OH is 1. The number of carbonyl (C=O) groups excluding carboxylic acids is 1. The summed E-state index contributed by atoms with van der Waals surface area (Å²) in [5.41, 5.74) is -1.57. The summed E-state index contributed by atoms with van der Waals surface area (Å²) in [6.07, 6.45) is -1.28. The smallest absolute Gasteiger partial charge is 0.434 e. The quantitative estimate of drug-likeness (QED) is 0.772. The van der Waals surface area contributed by atoms with Crippen molar-refractivity contribution in [3.05, 3.63) is 16.4 Å². The normalized spacial score (nSPS) is 25.9. The van der Waals surface area contributed by atoms with E-state index in [0.717, 1.165) is 0 Å². The molecule has 1 aromatic rings. The largest absolute Gasteiger partial charge is 0.444 e. The summed E-state index contributed by atoms with van der Waals surface area (Å²) >= 11 is 0. The summed E-state index contributed by atoms with van der Waals surface area (Å²) in [5.74, 6) is -0.611. The molecule has 1 saturated carbocycles. The number of H-pyrrole nitrogens is 1. The molecule has 8 heteroatoms. The Kier molecular flexibility index (Phi) is 4.08. The van der Waals surface area contributed by atoms with Gasteiger partial charge >= 0.3 is 11.8 Å². The third-order valence-electron chi connectivity index (χ3n) is 3.77. The Morgan fingerprint density at radius 2 is 2.18 bits per heavy atom. The highest BCUT2D eigenvalue weighted by atomic mass is 16.6. The van der Waals surface area contributed by atoms with Crippen LogP contribution < -0.4 is 11.1 Å². The van der Waals surface area contributed by atoms with Crippen LogP contribution in [0.2, 0.25) is 0 Å². The highest BCUT2D eigenvalue weighted by Crippen LogP contribution is 2.55. The van der Waals surface area contributed by atoms with E-state index < -0.39 is 29.1 Å². The van der Waals surface area contributed by atoms with Crippen LogP contribution in [0.15, 0.2) is 9.21 Å². The van der Waals surface area contributed by atoms with Crippen LogP contribution in [0.25, 0.3) is 0 Å². The lowest BCUT2D eigenvalue weighted by Crippen LogP contribution is -2.46. The standard InChI is InChI=1S/C14H23N3O5/c1-7(2)8-6-14(8,15-11(19)22-13(3,4)5)9(18)10-16-17-12(20)21-10/h7-9,18H,6H2,1-5H3,(H,15,19)(H,17,20)/t8?,9?,14-/m1/s1. The fourth-order valence-corrected chi connectivity index (χ4v) is 2.73. The molecule has 0 spiro atoms. The van der Waals surface area contributed by atoms with Crippen molar-refractivity contribution in [1.82, 2.24) is 15.5 Å². The van der Waals surface area contributed by atoms with Gasteiger partial charge in [-0.1, -0.05) is 13.8 Å². The summed E-state index contributed by atoms with van der Waals surface area (Å²) in [6, 6.07) is 0. The predicted molar refractivity (Wildman–Crippen MR) is 77.1 cm³/mol. The number of carbonyl (C=O) groups is 1. The Labute approximate surface area is 128 Å². The van der Waals surface area contributed by atoms with E-state index in [4.69, 9.17) is 9.15 Å². The van der Waals surface area contributed by atoms with Gasteiger partial charge in [0.05, 0.1) is 5.54 Å². The number of nitrogens with zero attached hydrogens (tertiary/aromatic N) is 1. The van der Waals surface area contributed by atoms with Crippen molar-refractivity contribution >= 4 is 6.09 Å². The zero-order valence-electron chi connectivity index (χ0n) is 13.5. The van der Waals surface area contributed by atoms with E-state index in [1.165, 1.54) is 0 Å². The molecule has 1 aliphatic carbocycles. The minimum Gasteiger partial charge on any atom is -0.444 e. The summed E-state index contributed by atoms with van der Waals surface area (Å²) in [5, 5.41) is 19.0. The molecule has 0 bridgehead atoms. The molecule has 2 rings (SSSR count). The molecular formula is C14H23N3O5. The first-order chi connectivity index (χ1) is 10.0. The predicted octanol–water partition coefficient (Wildman–Crippen LogP) is 1.34. The topological polar surface area (TPSA) is 117 Å². The van der Waals surface area contributed by atoms with Crippen LogP contribution in [0, 0.1) is 11.8 Å². The molecule has 0 radical (unpaired) electrons. The van der Waals surface area contributed by atoms with E-state index in [-0.39, 0.29) is 17.7 Å². The Morgan fingerprint density at radius 1 is 1.55 bits per heavy atom. The molecule has 0 saturated heterocycles. The molecular weight excluding hydrogens is 290 g/mol. The highest BCUT2D eigenvalue weighted by molar-refractivity contribution is 5.70. The molecule has 1 aromatic heterocycles. The van der Waals surface area contributed by atoms with Crippen LogP contribution in [0.3, 0.4) is 0 Å². The zero-order valence-corrected chi connectivity index (χ0v) is 13.5. The summed E-state index contributed by atoms with van der Waals surface area (Å²) in [4.78, 5) is 23.1. The van der Waals surface area contributed by atoms with E-state index in [9.17, 15) is 14.7 Å². The lowest BCUT2D eigenvalue weighted by Gasteiger charge is -2.27. The van der Waals surface area contributed by atoms with Gasteiger partial charge in [0.25, 0.3) is 0 Å². The first-order valence-corrected chi connectivity index (χ1v) is 7.30. The van der Waals surface area contributed by atoms with Crippen molar-refractivity contribution in [1.29, 1.82) is 0 Å². The number of alkyl carbamates (subject to hydrolysis) is 1. The average molecular weight is 313 g/mol. The van der Waals surface area contributed by atoms with Crippen molar-refractivity contribution in [2.24, 2.45) is 11.8 Å². The van der Waals surface area contributed by atoms with E-state index in [1.54, 1.807) is 20.8 Å². The van der Waals surface area contributed by atoms with Gasteiger partial charge in [-0.25, -0.2) is 14.7 Å². The minimum atomic E-state index is -1.22. The molecule has 0 aliphatic heterocycles. The third-order valence-corrected chi connectivity index (χ3v) is 3.77. The summed E-state index contributed by atoms with van der Waals surface area (Å²) in [7, 11) is 0. The van der Waals surface area contributed by atoms with Crippen LogP contribution >= 0.6 is 0 Å². The third kappa shape index (κ3) is 3.32. The molecule has 3 N–H and O–H groups in total. The maximum atomic E-state index is 12.1. The molecule has 3 atom stereocenters. The number of rotatable bonds is 4. The minimum absolute atomic E-state index is 0.0389.